The molecule has 8 aromatic rings. The number of methoxy groups -OCH3 is 3. The van der Waals surface area contributed by atoms with Crippen molar-refractivity contribution in [1.29, 1.82) is 0 Å². The fourth-order valence-corrected chi connectivity index (χ4v) is 10.6. The Morgan fingerprint density at radius 1 is 0.388 bits per heavy atom. The summed E-state index contributed by atoms with van der Waals surface area (Å²) in [6.07, 6.45) is 8.35. The summed E-state index contributed by atoms with van der Waals surface area (Å²) in [7, 11) is 4.77. The van der Waals surface area contributed by atoms with Gasteiger partial charge in [-0.3, -0.25) is 0 Å². The number of ether oxygens (including phenoxy) is 3. The maximum absolute atomic E-state index is 12.5. The third kappa shape index (κ3) is 49.9. The number of benzene rings is 8. The lowest BCUT2D eigenvalue weighted by molar-refractivity contribution is -0.137. The maximum Gasteiger partial charge on any atom is 0.417 e. The molecule has 0 fully saturated rings. The number of rotatable bonds is 23. The van der Waals surface area contributed by atoms with Crippen LogP contribution in [0.3, 0.4) is 0 Å². The predicted molar refractivity (Wildman–Crippen MR) is 512 cm³/mol. The summed E-state index contributed by atoms with van der Waals surface area (Å²) in [6, 6.07) is 47.7. The fraction of sp³-hybridized carbons (Fsp3) is 0.135. The van der Waals surface area contributed by atoms with Crippen molar-refractivity contribution in [3.63, 3.8) is 0 Å². The first kappa shape index (κ1) is 107. The van der Waals surface area contributed by atoms with E-state index in [1.807, 2.05) is 116 Å². The molecule has 0 bridgehead atoms. The molecule has 35 nitrogen and oxygen atoms in total. The minimum Gasteiger partial charge on any atom is -0.496 e. The van der Waals surface area contributed by atoms with Crippen LogP contribution in [-0.4, -0.2) is 118 Å². The van der Waals surface area contributed by atoms with Crippen LogP contribution < -0.4 is 106 Å². The monoisotopic (exact) mass is 2070 g/mol. The molecule has 0 amide bonds. The second-order valence-corrected chi connectivity index (χ2v) is 28.3. The van der Waals surface area contributed by atoms with Crippen molar-refractivity contribution in [1.82, 2.24) is 0 Å². The van der Waals surface area contributed by atoms with Crippen LogP contribution in [0.4, 0.5) is 13.2 Å². The summed E-state index contributed by atoms with van der Waals surface area (Å²) in [4.78, 5) is 0. The van der Waals surface area contributed by atoms with E-state index in [1.165, 1.54) is 24.7 Å². The molecule has 121 heavy (non-hydrogen) atoms. The first-order valence-electron chi connectivity index (χ1n) is 33.8. The fourth-order valence-electron chi connectivity index (χ4n) is 7.76. The van der Waals surface area contributed by atoms with Crippen LogP contribution in [-0.2, 0) is 6.18 Å². The van der Waals surface area contributed by atoms with E-state index in [2.05, 4.69) is 159 Å². The SMILES string of the molecule is C/C(=N\N=C(N)N)c1cccc(Br)c1.CCCCC/C(=N\N=C(N)N)c1ccc(Cl)cc1.COc1ccc(/C=N/N=C(N)N)cc1I.COc1ccc(/C=N/N=C(N)N)cc1OC.NC(N)=N/N=C/c1c(Cl)cccc1Cl.NC(N)=N/N=C/c1ccc(Br)c(Br)c1.NC(N)=N/N=C/c1ccc(Cl)c(C(F)(F)F)c1.NC(N)=N/N=C/c1ccccc1Cl. The number of nitrogens with zero attached hydrogens (tertiary/aromatic N) is 16. The number of halogens is 12. The van der Waals surface area contributed by atoms with Crippen molar-refractivity contribution < 1.29 is 27.4 Å². The molecule has 0 aliphatic rings. The molecule has 8 rings (SSSR count). The Labute approximate surface area is 759 Å². The molecule has 0 aromatic heterocycles. The van der Waals surface area contributed by atoms with Crippen LogP contribution in [0.1, 0.15) is 89.6 Å². The van der Waals surface area contributed by atoms with Gasteiger partial charge in [0.2, 0.25) is 47.7 Å². The van der Waals surface area contributed by atoms with Gasteiger partial charge in [-0.25, -0.2) is 0 Å². The highest BCUT2D eigenvalue weighted by Crippen LogP contribution is 2.35. The second-order valence-electron chi connectivity index (χ2n) is 22.4. The van der Waals surface area contributed by atoms with Crippen molar-refractivity contribution in [2.45, 2.75) is 45.7 Å². The molecule has 32 N–H and O–H groups in total. The van der Waals surface area contributed by atoms with E-state index in [4.69, 9.17) is 164 Å². The van der Waals surface area contributed by atoms with Gasteiger partial charge in [0.05, 0.1) is 94.2 Å². The van der Waals surface area contributed by atoms with Crippen LogP contribution >= 0.6 is 128 Å². The molecule has 0 radical (unpaired) electrons. The van der Waals surface area contributed by atoms with Gasteiger partial charge < -0.3 is 106 Å². The molecule has 0 atom stereocenters. The summed E-state index contributed by atoms with van der Waals surface area (Å²) in [5.41, 5.74) is 88.8. The standard InChI is InChI=1S/C13H19ClN4.C10H14N4O2.C9H11BrN4.C9H8ClF3N4.C9H11IN4O.C8H8Br2N4.C8H8Cl2N4.C8H9ClN4/c1-2-3-4-5-12(17-18-13(15)16)10-6-8-11(14)9-7-10;1-15-8-4-3-7(5-9(8)16-2)6-13-14-10(11)12;1-6(13-14-9(11)12)7-3-2-4-8(10)5-7;10-7-2-1-5(4-16-17-8(14)15)3-6(7)9(11,12)13;1-15-8-3-2-6(4-7(8)10)5-13-14-9(11)12;9-6-2-1-5(3-7(6)10)4-13-14-8(11)12;9-6-2-1-3-7(10)5(6)4-13-14-8(11)12;9-7-4-2-1-3-6(7)5-12-13-8(10)11/h6-9H,2-5H2,1H3,(H4,15,16,18);3-6H,1-2H3,(H4,11,12,14);2-5H,1H3,(H4,11,12,14);1-4H,(H4,14,15,17);2-5H,1H3,(H4,11,12,14);2*1-4H,(H4,11,12,14);1-5H,(H4,10,11,13)/b17-12+;2*13-6+;16-4+;13-5+;2*13-4+;12-5+. The average molecular weight is 2070 g/mol. The van der Waals surface area contributed by atoms with Crippen LogP contribution in [0.2, 0.25) is 25.1 Å². The van der Waals surface area contributed by atoms with Crippen molar-refractivity contribution >= 4 is 225 Å². The third-order valence-corrected chi connectivity index (χ3v) is 17.8. The van der Waals surface area contributed by atoms with Gasteiger partial charge >= 0.3 is 6.18 Å². The topological polar surface area (TPSA) is 642 Å². The average Bonchev–Trinajstić information content (AvgIpc) is 0.824. The van der Waals surface area contributed by atoms with Gasteiger partial charge in [0.15, 0.2) is 11.5 Å². The molecule has 0 saturated heterocycles. The van der Waals surface area contributed by atoms with Gasteiger partial charge in [-0.1, -0.05) is 154 Å². The molecule has 0 heterocycles. The van der Waals surface area contributed by atoms with Gasteiger partial charge in [-0.05, 0) is 211 Å². The summed E-state index contributed by atoms with van der Waals surface area (Å²) in [6.45, 7) is 4.00. The van der Waals surface area contributed by atoms with E-state index in [1.54, 1.807) is 70.2 Å². The first-order valence-corrected chi connectivity index (χ1v) is 39.2. The largest absolute Gasteiger partial charge is 0.496 e. The molecule has 0 aliphatic heterocycles. The van der Waals surface area contributed by atoms with Crippen LogP contribution in [0, 0.1) is 3.57 Å². The second kappa shape index (κ2) is 60.5. The molecule has 0 spiro atoms. The summed E-state index contributed by atoms with van der Waals surface area (Å²) in [5, 5.41) is 59.5. The lowest BCUT2D eigenvalue weighted by Crippen LogP contribution is -2.22. The van der Waals surface area contributed by atoms with E-state index in [0.717, 1.165) is 112 Å². The minimum atomic E-state index is -4.52. The summed E-state index contributed by atoms with van der Waals surface area (Å²) in [5.74, 6) is 1.34. The number of guanidine groups is 8. The highest BCUT2D eigenvalue weighted by Gasteiger charge is 2.33. The molecule has 0 unspecified atom stereocenters. The van der Waals surface area contributed by atoms with Gasteiger partial charge in [0.25, 0.3) is 0 Å². The zero-order chi connectivity index (χ0) is 91.0. The number of unbranched alkanes of at least 4 members (excludes halogenated alkanes) is 2. The molecule has 0 aliphatic carbocycles. The van der Waals surface area contributed by atoms with Crippen molar-refractivity contribution in [3.8, 4) is 17.2 Å². The molecule has 47 heteroatoms. The molecular formula is C74H88Br3Cl5F3IN32O3. The Morgan fingerprint density at radius 3 is 1.26 bits per heavy atom. The van der Waals surface area contributed by atoms with E-state index < -0.39 is 11.7 Å². The zero-order valence-corrected chi connectivity index (χ0v) is 75.7. The highest BCUT2D eigenvalue weighted by molar-refractivity contribution is 14.1. The lowest BCUT2D eigenvalue weighted by Gasteiger charge is -2.08. The van der Waals surface area contributed by atoms with Crippen LogP contribution in [0.25, 0.3) is 0 Å². The number of hydrogen-bond acceptors (Lipinski definition) is 19. The Morgan fingerprint density at radius 2 is 0.810 bits per heavy atom. The smallest absolute Gasteiger partial charge is 0.417 e. The molecule has 8 aromatic carbocycles. The molecular weight excluding hydrogens is 1990 g/mol. The van der Waals surface area contributed by atoms with Gasteiger partial charge in [0.1, 0.15) is 5.75 Å². The quantitative estimate of drug-likeness (QED) is 0.00930. The Balaban J connectivity index is 0.000000693. The first-order chi connectivity index (χ1) is 57.2. The summed E-state index contributed by atoms with van der Waals surface area (Å²) >= 11 is 41.1. The maximum atomic E-state index is 12.5. The predicted octanol–water partition coefficient (Wildman–Crippen LogP) is 11.9. The normalized spacial score (nSPS) is 10.8. The zero-order valence-electron chi connectivity index (χ0n) is 65.0. The Hall–Kier alpha value is -11.9. The van der Waals surface area contributed by atoms with E-state index in [9.17, 15) is 13.2 Å². The minimum absolute atomic E-state index is 0.0306. The Kier molecular flexibility index (Phi) is 53.6. The summed E-state index contributed by atoms with van der Waals surface area (Å²) < 4.78 is 56.7. The van der Waals surface area contributed by atoms with Crippen LogP contribution in [0.5, 0.6) is 17.2 Å². The molecule has 646 valence electrons. The van der Waals surface area contributed by atoms with Gasteiger partial charge in [-0.2, -0.15) is 54.0 Å². The van der Waals surface area contributed by atoms with Gasteiger partial charge in [0, 0.05) is 34.6 Å². The number of nitrogens with two attached hydrogens (primary N) is 16. The highest BCUT2D eigenvalue weighted by atomic mass is 127. The van der Waals surface area contributed by atoms with Crippen molar-refractivity contribution in [2.75, 3.05) is 21.3 Å². The lowest BCUT2D eigenvalue weighted by atomic mass is 10.0. The number of hydrogen-bond donors (Lipinski definition) is 16. The number of alkyl halides is 3. The molecule has 0 saturated carbocycles. The van der Waals surface area contributed by atoms with Crippen molar-refractivity contribution in [3.05, 3.63) is 256 Å². The van der Waals surface area contributed by atoms with Crippen LogP contribution in [0.15, 0.2) is 259 Å². The van der Waals surface area contributed by atoms with E-state index in [0.29, 0.717) is 37.2 Å². The Bertz CT molecular complexity index is 5060. The van der Waals surface area contributed by atoms with Crippen molar-refractivity contribution in [2.24, 2.45) is 173 Å². The van der Waals surface area contributed by atoms with Gasteiger partial charge in [-0.15, -0.1) is 40.8 Å². The van der Waals surface area contributed by atoms with E-state index in [-0.39, 0.29) is 58.3 Å². The third-order valence-electron chi connectivity index (χ3n) is 13.0. The van der Waals surface area contributed by atoms with E-state index >= 15 is 0 Å².